The summed E-state index contributed by atoms with van der Waals surface area (Å²) in [4.78, 5) is 38.7. The predicted molar refractivity (Wildman–Crippen MR) is 226 cm³/mol. The number of nitriles is 1. The first-order chi connectivity index (χ1) is 29.0. The third-order valence-electron chi connectivity index (χ3n) is 10.8. The van der Waals surface area contributed by atoms with Gasteiger partial charge in [-0.3, -0.25) is 19.1 Å². The maximum absolute atomic E-state index is 13.0. The molecular formula is C43H42ClN11O4S. The van der Waals surface area contributed by atoms with E-state index in [4.69, 9.17) is 31.0 Å². The van der Waals surface area contributed by atoms with Crippen molar-refractivity contribution >= 4 is 46.2 Å². The summed E-state index contributed by atoms with van der Waals surface area (Å²) in [6.07, 6.45) is 6.63. The van der Waals surface area contributed by atoms with Gasteiger partial charge in [0.05, 0.1) is 53.8 Å². The van der Waals surface area contributed by atoms with E-state index in [1.165, 1.54) is 4.88 Å². The van der Waals surface area contributed by atoms with Gasteiger partial charge in [-0.25, -0.2) is 4.98 Å². The number of aromatic nitrogens is 6. The summed E-state index contributed by atoms with van der Waals surface area (Å²) in [6, 6.07) is 18.0. The molecule has 0 saturated heterocycles. The van der Waals surface area contributed by atoms with Crippen molar-refractivity contribution in [1.82, 2.24) is 40.6 Å². The SMILES string of the molecule is Cc1sc2c(c1C)C(c1ccc(N(C)CC(=O)NCc3ccc(C(=O)NC4CCC(Oc5ccc(C#N)c(Cl)c5)CC4)nn3)cc1)=N[C@H](Cc1ncco1)c1nnc(C)n1-2. The molecule has 2 aromatic carbocycles. The fourth-order valence-corrected chi connectivity index (χ4v) is 8.91. The summed E-state index contributed by atoms with van der Waals surface area (Å²) >= 11 is 7.84. The van der Waals surface area contributed by atoms with Crippen molar-refractivity contribution in [3.63, 3.8) is 0 Å². The van der Waals surface area contributed by atoms with Gasteiger partial charge in [-0.1, -0.05) is 23.7 Å². The number of oxazole rings is 1. The number of anilines is 1. The molecule has 17 heteroatoms. The Morgan fingerprint density at radius 2 is 1.83 bits per heavy atom. The largest absolute Gasteiger partial charge is 0.490 e. The van der Waals surface area contributed by atoms with Crippen molar-refractivity contribution in [2.75, 3.05) is 18.5 Å². The number of fused-ring (bicyclic) bond motifs is 3. The van der Waals surface area contributed by atoms with Gasteiger partial charge in [0.2, 0.25) is 5.91 Å². The molecule has 306 valence electrons. The van der Waals surface area contributed by atoms with E-state index >= 15 is 0 Å². The Kier molecular flexibility index (Phi) is 11.7. The van der Waals surface area contributed by atoms with Crippen molar-refractivity contribution in [3.8, 4) is 16.8 Å². The number of nitrogens with zero attached hydrogens (tertiary/aromatic N) is 9. The lowest BCUT2D eigenvalue weighted by Crippen LogP contribution is -2.40. The number of aryl methyl sites for hydroxylation is 2. The van der Waals surface area contributed by atoms with E-state index in [2.05, 4.69) is 54.4 Å². The van der Waals surface area contributed by atoms with E-state index in [1.807, 2.05) is 49.2 Å². The molecular weight excluding hydrogens is 802 g/mol. The van der Waals surface area contributed by atoms with Crippen LogP contribution >= 0.6 is 22.9 Å². The van der Waals surface area contributed by atoms with E-state index in [-0.39, 0.29) is 48.8 Å². The van der Waals surface area contributed by atoms with Gasteiger partial charge >= 0.3 is 0 Å². The Hall–Kier alpha value is -6.44. The Labute approximate surface area is 355 Å². The molecule has 0 unspecified atom stereocenters. The van der Waals surface area contributed by atoms with Crippen LogP contribution in [0, 0.1) is 32.1 Å². The Bertz CT molecular complexity index is 2590. The second kappa shape index (κ2) is 17.4. The van der Waals surface area contributed by atoms with Gasteiger partial charge in [0.25, 0.3) is 5.91 Å². The molecule has 6 aromatic rings. The lowest BCUT2D eigenvalue weighted by Gasteiger charge is -2.29. The average molecular weight is 844 g/mol. The molecule has 0 radical (unpaired) electrons. The zero-order valence-corrected chi connectivity index (χ0v) is 35.0. The molecule has 0 bridgehead atoms. The minimum absolute atomic E-state index is 0.00576. The van der Waals surface area contributed by atoms with Crippen LogP contribution in [0.15, 0.2) is 76.5 Å². The standard InChI is InChI=1S/C43H42ClN11O4S/c1-24-25(2)60-43-39(24)40(49-36(20-38-46-17-18-58-38)41-53-50-26(3)55(41)43)27-5-11-31(12-6-27)54(4)23-37(56)47-22-30-10-16-35(52-51-30)42(57)48-29-8-14-32(15-9-29)59-33-13-7-28(21-45)34(44)19-33/h5-7,10-13,16-19,29,32,36H,8-9,14-15,20,22-23H2,1-4H3,(H,47,56)(H,48,57)/t29?,32?,36-/m1/s1. The van der Waals surface area contributed by atoms with E-state index in [0.29, 0.717) is 34.3 Å². The molecule has 2 aliphatic rings. The number of nitrogens with one attached hydrogen (secondary N) is 2. The topological polar surface area (TPSA) is 189 Å². The van der Waals surface area contributed by atoms with Crippen LogP contribution in [0.5, 0.6) is 5.75 Å². The Morgan fingerprint density at radius 3 is 2.53 bits per heavy atom. The van der Waals surface area contributed by atoms with Gasteiger partial charge in [0.15, 0.2) is 17.4 Å². The number of rotatable bonds is 12. The first-order valence-electron chi connectivity index (χ1n) is 19.6. The quantitative estimate of drug-likeness (QED) is 0.136. The average Bonchev–Trinajstić information content (AvgIpc) is 3.96. The number of benzene rings is 2. The molecule has 4 aromatic heterocycles. The number of carbonyl (C=O) groups excluding carboxylic acids is 2. The van der Waals surface area contributed by atoms with Crippen molar-refractivity contribution in [3.05, 3.63) is 128 Å². The first kappa shape index (κ1) is 40.3. The van der Waals surface area contributed by atoms with E-state index in [1.54, 1.807) is 54.1 Å². The zero-order valence-electron chi connectivity index (χ0n) is 33.5. The number of amides is 2. The highest BCUT2D eigenvalue weighted by Crippen LogP contribution is 2.39. The number of thiophene rings is 1. The summed E-state index contributed by atoms with van der Waals surface area (Å²) in [5.74, 6) is 2.23. The molecule has 1 saturated carbocycles. The molecule has 2 amide bonds. The number of hydrogen-bond donors (Lipinski definition) is 2. The van der Waals surface area contributed by atoms with E-state index in [0.717, 1.165) is 70.4 Å². The fraction of sp³-hybridized carbons (Fsp3) is 0.326. The number of likely N-dealkylation sites (N-methyl/N-ethyl adjacent to an activating group) is 1. The lowest BCUT2D eigenvalue weighted by atomic mass is 9.93. The zero-order chi connectivity index (χ0) is 41.9. The molecule has 2 N–H and O–H groups in total. The maximum atomic E-state index is 13.0. The molecule has 1 atom stereocenters. The summed E-state index contributed by atoms with van der Waals surface area (Å²) in [5, 5.41) is 33.7. The lowest BCUT2D eigenvalue weighted by molar-refractivity contribution is -0.119. The van der Waals surface area contributed by atoms with Gasteiger partial charge in [0.1, 0.15) is 34.9 Å². The van der Waals surface area contributed by atoms with Gasteiger partial charge < -0.3 is 24.7 Å². The minimum atomic E-state index is -0.371. The minimum Gasteiger partial charge on any atom is -0.490 e. The second-order valence-corrected chi connectivity index (χ2v) is 16.5. The molecule has 5 heterocycles. The third-order valence-corrected chi connectivity index (χ3v) is 12.4. The van der Waals surface area contributed by atoms with Crippen molar-refractivity contribution < 1.29 is 18.7 Å². The molecule has 1 aliphatic heterocycles. The number of ether oxygens (including phenoxy) is 1. The second-order valence-electron chi connectivity index (χ2n) is 14.9. The Balaban J connectivity index is 0.843. The summed E-state index contributed by atoms with van der Waals surface area (Å²) in [5.41, 5.74) is 5.99. The summed E-state index contributed by atoms with van der Waals surface area (Å²) < 4.78 is 13.8. The molecule has 1 fully saturated rings. The summed E-state index contributed by atoms with van der Waals surface area (Å²) in [6.45, 7) is 6.46. The number of hydrogen-bond acceptors (Lipinski definition) is 13. The number of carbonyl (C=O) groups is 2. The van der Waals surface area contributed by atoms with Crippen LogP contribution in [-0.4, -0.2) is 73.2 Å². The highest BCUT2D eigenvalue weighted by molar-refractivity contribution is 7.15. The monoisotopic (exact) mass is 843 g/mol. The van der Waals surface area contributed by atoms with Crippen LogP contribution in [0.1, 0.15) is 92.6 Å². The van der Waals surface area contributed by atoms with Gasteiger partial charge in [-0.05, 0) is 88.4 Å². The smallest absolute Gasteiger partial charge is 0.272 e. The summed E-state index contributed by atoms with van der Waals surface area (Å²) in [7, 11) is 1.86. The van der Waals surface area contributed by atoms with Crippen molar-refractivity contribution in [2.24, 2.45) is 4.99 Å². The normalized spacial score (nSPS) is 17.1. The van der Waals surface area contributed by atoms with Gasteiger partial charge in [-0.2, -0.15) is 10.4 Å². The van der Waals surface area contributed by atoms with Crippen molar-refractivity contribution in [1.29, 1.82) is 5.26 Å². The first-order valence-corrected chi connectivity index (χ1v) is 20.8. The number of halogens is 1. The van der Waals surface area contributed by atoms with E-state index < -0.39 is 0 Å². The van der Waals surface area contributed by atoms with E-state index in [9.17, 15) is 9.59 Å². The van der Waals surface area contributed by atoms with Crippen LogP contribution in [0.25, 0.3) is 5.00 Å². The fourth-order valence-electron chi connectivity index (χ4n) is 7.48. The van der Waals surface area contributed by atoms with Gasteiger partial charge in [-0.15, -0.1) is 26.6 Å². The van der Waals surface area contributed by atoms with Crippen LogP contribution in [0.4, 0.5) is 5.69 Å². The molecule has 60 heavy (non-hydrogen) atoms. The van der Waals surface area contributed by atoms with Crippen LogP contribution in [0.2, 0.25) is 5.02 Å². The predicted octanol–water partition coefficient (Wildman–Crippen LogP) is 6.56. The Morgan fingerprint density at radius 1 is 1.03 bits per heavy atom. The third kappa shape index (κ3) is 8.63. The molecule has 0 spiro atoms. The highest BCUT2D eigenvalue weighted by atomic mass is 35.5. The number of aliphatic imine (C=N–C) groups is 1. The van der Waals surface area contributed by atoms with Crippen LogP contribution in [0.3, 0.4) is 0 Å². The molecule has 1 aliphatic carbocycles. The molecule has 15 nitrogen and oxygen atoms in total. The van der Waals surface area contributed by atoms with Crippen LogP contribution in [-0.2, 0) is 17.8 Å². The van der Waals surface area contributed by atoms with Crippen molar-refractivity contribution in [2.45, 2.75) is 77.6 Å². The van der Waals surface area contributed by atoms with Gasteiger partial charge in [0, 0.05) is 40.8 Å². The van der Waals surface area contributed by atoms with Crippen LogP contribution < -0.4 is 20.3 Å². The molecule has 8 rings (SSSR count). The maximum Gasteiger partial charge on any atom is 0.272 e. The highest BCUT2D eigenvalue weighted by Gasteiger charge is 2.32.